The molecule has 0 saturated carbocycles. The molecule has 1 aliphatic heterocycles. The third-order valence-electron chi connectivity index (χ3n) is 6.74. The summed E-state index contributed by atoms with van der Waals surface area (Å²) in [4.78, 5) is 0. The van der Waals surface area contributed by atoms with Crippen LogP contribution in [0.4, 0.5) is 6.01 Å². The molecule has 0 spiro atoms. The number of allylic oxidation sites excluding steroid dienone is 1. The number of aromatic nitrogens is 2. The van der Waals surface area contributed by atoms with Gasteiger partial charge in [-0.1, -0.05) is 29.4 Å². The number of benzene rings is 2. The number of rotatable bonds is 6. The molecule has 5 rings (SSSR count). The van der Waals surface area contributed by atoms with Crippen LogP contribution in [-0.4, -0.2) is 35.6 Å². The van der Waals surface area contributed by atoms with Crippen molar-refractivity contribution in [2.24, 2.45) is 0 Å². The average molecular weight is 445 g/mol. The van der Waals surface area contributed by atoms with E-state index in [0.29, 0.717) is 18.5 Å². The first-order valence-corrected chi connectivity index (χ1v) is 11.2. The van der Waals surface area contributed by atoms with Gasteiger partial charge in [0.2, 0.25) is 5.89 Å². The van der Waals surface area contributed by atoms with Crippen LogP contribution in [0.2, 0.25) is 0 Å². The minimum Gasteiger partial charge on any atom is -0.497 e. The van der Waals surface area contributed by atoms with Gasteiger partial charge in [0, 0.05) is 12.1 Å². The smallest absolute Gasteiger partial charge is 0.495 e. The molecule has 0 bridgehead atoms. The summed E-state index contributed by atoms with van der Waals surface area (Å²) < 4.78 is 23.6. The minimum atomic E-state index is -0.393. The fourth-order valence-corrected chi connectivity index (χ4v) is 4.01. The van der Waals surface area contributed by atoms with Crippen molar-refractivity contribution < 1.29 is 18.5 Å². The first-order chi connectivity index (χ1) is 15.8. The summed E-state index contributed by atoms with van der Waals surface area (Å²) in [7, 11) is 1.26. The fourth-order valence-electron chi connectivity index (χ4n) is 4.01. The quantitative estimate of drug-likeness (QED) is 0.539. The molecule has 33 heavy (non-hydrogen) atoms. The minimum absolute atomic E-state index is 0.378. The van der Waals surface area contributed by atoms with Gasteiger partial charge < -0.3 is 23.8 Å². The molecule has 3 aromatic rings. The Bertz CT molecular complexity index is 1180. The van der Waals surface area contributed by atoms with Gasteiger partial charge in [0.05, 0.1) is 18.3 Å². The van der Waals surface area contributed by atoms with Crippen LogP contribution in [0.15, 0.2) is 53.0 Å². The largest absolute Gasteiger partial charge is 0.497 e. The number of methoxy groups -OCH3 is 1. The fraction of sp³-hybridized carbons (Fsp3) is 0.360. The molecular weight excluding hydrogens is 417 g/mol. The van der Waals surface area contributed by atoms with Gasteiger partial charge in [-0.2, -0.15) is 0 Å². The Morgan fingerprint density at radius 3 is 2.42 bits per heavy atom. The van der Waals surface area contributed by atoms with E-state index in [-0.39, 0.29) is 11.2 Å². The summed E-state index contributed by atoms with van der Waals surface area (Å²) in [5.41, 5.74) is 4.60. The zero-order chi connectivity index (χ0) is 23.2. The zero-order valence-electron chi connectivity index (χ0n) is 19.6. The molecule has 170 valence electrons. The number of nitrogens with one attached hydrogen (secondary N) is 1. The number of anilines is 1. The first-order valence-electron chi connectivity index (χ1n) is 11.2. The maximum atomic E-state index is 6.28. The molecule has 0 atom stereocenters. The molecule has 1 aliphatic carbocycles. The predicted molar refractivity (Wildman–Crippen MR) is 128 cm³/mol. The normalized spacial score (nSPS) is 18.2. The van der Waals surface area contributed by atoms with Gasteiger partial charge in [-0.3, -0.25) is 0 Å². The Kier molecular flexibility index (Phi) is 5.30. The molecule has 0 unspecified atom stereocenters. The lowest BCUT2D eigenvalue weighted by atomic mass is 9.75. The number of fused-ring (bicyclic) bond motifs is 1. The van der Waals surface area contributed by atoms with Gasteiger partial charge >= 0.3 is 13.1 Å². The van der Waals surface area contributed by atoms with Gasteiger partial charge in [0.15, 0.2) is 0 Å². The van der Waals surface area contributed by atoms with E-state index < -0.39 is 7.12 Å². The molecule has 2 aliphatic rings. The summed E-state index contributed by atoms with van der Waals surface area (Å²) in [6.45, 7) is 8.85. The summed E-state index contributed by atoms with van der Waals surface area (Å²) in [5, 5.41) is 11.6. The highest BCUT2D eigenvalue weighted by Gasteiger charge is 2.53. The lowest BCUT2D eigenvalue weighted by Gasteiger charge is -2.32. The Hall–Kier alpha value is -3.10. The third-order valence-corrected chi connectivity index (χ3v) is 6.74. The number of hydrogen-bond donors (Lipinski definition) is 1. The molecule has 7 nitrogen and oxygen atoms in total. The molecular formula is C25H28BN3O4. The van der Waals surface area contributed by atoms with E-state index in [9.17, 15) is 0 Å². The SMILES string of the molecule is COc1ccc(CNc2nnc(-c3ccc4c(c3)C(B3OC(C)(C)C(C)(C)O3)=CC4)o2)cc1. The lowest BCUT2D eigenvalue weighted by Crippen LogP contribution is -2.41. The van der Waals surface area contributed by atoms with E-state index in [1.54, 1.807) is 7.11 Å². The van der Waals surface area contributed by atoms with Gasteiger partial charge in [0.25, 0.3) is 0 Å². The monoisotopic (exact) mass is 445 g/mol. The van der Waals surface area contributed by atoms with Crippen LogP contribution in [-0.2, 0) is 22.3 Å². The maximum absolute atomic E-state index is 6.28. The summed E-state index contributed by atoms with van der Waals surface area (Å²) in [5.74, 6) is 1.29. The van der Waals surface area contributed by atoms with Gasteiger partial charge in [-0.25, -0.2) is 0 Å². The van der Waals surface area contributed by atoms with E-state index in [0.717, 1.165) is 34.3 Å². The second-order valence-corrected chi connectivity index (χ2v) is 9.44. The molecule has 0 radical (unpaired) electrons. The Morgan fingerprint density at radius 1 is 1.00 bits per heavy atom. The van der Waals surface area contributed by atoms with Crippen LogP contribution in [0.1, 0.15) is 44.4 Å². The van der Waals surface area contributed by atoms with Gasteiger partial charge in [0.1, 0.15) is 5.75 Å². The Morgan fingerprint density at radius 2 is 1.73 bits per heavy atom. The van der Waals surface area contributed by atoms with E-state index in [1.807, 2.05) is 30.3 Å². The number of ether oxygens (including phenoxy) is 1. The van der Waals surface area contributed by atoms with E-state index in [2.05, 4.69) is 61.4 Å². The Balaban J connectivity index is 1.31. The number of hydrogen-bond acceptors (Lipinski definition) is 7. The molecule has 2 heterocycles. The van der Waals surface area contributed by atoms with E-state index >= 15 is 0 Å². The highest BCUT2D eigenvalue weighted by Crippen LogP contribution is 2.43. The predicted octanol–water partition coefficient (Wildman–Crippen LogP) is 4.93. The van der Waals surface area contributed by atoms with Gasteiger partial charge in [-0.05, 0) is 80.5 Å². The molecule has 1 saturated heterocycles. The van der Waals surface area contributed by atoms with Crippen molar-refractivity contribution in [2.75, 3.05) is 12.4 Å². The highest BCUT2D eigenvalue weighted by molar-refractivity contribution is 6.69. The third kappa shape index (κ3) is 4.05. The molecule has 2 aromatic carbocycles. The van der Waals surface area contributed by atoms with Crippen LogP contribution < -0.4 is 10.1 Å². The molecule has 8 heteroatoms. The van der Waals surface area contributed by atoms with Crippen LogP contribution in [0, 0.1) is 0 Å². The molecule has 0 amide bonds. The van der Waals surface area contributed by atoms with Crippen molar-refractivity contribution in [3.8, 4) is 17.2 Å². The molecule has 1 N–H and O–H groups in total. The van der Waals surface area contributed by atoms with Crippen molar-refractivity contribution in [1.29, 1.82) is 0 Å². The Labute approximate surface area is 194 Å². The summed E-state index contributed by atoms with van der Waals surface area (Å²) in [6.07, 6.45) is 3.04. The highest BCUT2D eigenvalue weighted by atomic mass is 16.7. The van der Waals surface area contributed by atoms with E-state index in [1.165, 1.54) is 5.56 Å². The maximum Gasteiger partial charge on any atom is 0.495 e. The van der Waals surface area contributed by atoms with Gasteiger partial charge in [-0.15, -0.1) is 5.10 Å². The van der Waals surface area contributed by atoms with E-state index in [4.69, 9.17) is 18.5 Å². The first kappa shape index (κ1) is 21.7. The van der Waals surface area contributed by atoms with Crippen molar-refractivity contribution in [1.82, 2.24) is 10.2 Å². The van der Waals surface area contributed by atoms with Crippen LogP contribution in [0.25, 0.3) is 16.9 Å². The van der Waals surface area contributed by atoms with Crippen molar-refractivity contribution in [3.05, 3.63) is 65.2 Å². The van der Waals surface area contributed by atoms with Crippen molar-refractivity contribution >= 4 is 18.6 Å². The number of nitrogens with zero attached hydrogens (tertiary/aromatic N) is 2. The topological polar surface area (TPSA) is 78.6 Å². The molecule has 1 fully saturated rings. The van der Waals surface area contributed by atoms with Crippen LogP contribution in [0.5, 0.6) is 5.75 Å². The summed E-state index contributed by atoms with van der Waals surface area (Å²) >= 11 is 0. The zero-order valence-corrected chi connectivity index (χ0v) is 19.6. The van der Waals surface area contributed by atoms with Crippen molar-refractivity contribution in [3.63, 3.8) is 0 Å². The van der Waals surface area contributed by atoms with Crippen LogP contribution in [0.3, 0.4) is 0 Å². The van der Waals surface area contributed by atoms with Crippen molar-refractivity contribution in [2.45, 2.75) is 51.9 Å². The van der Waals surface area contributed by atoms with Crippen LogP contribution >= 0.6 is 0 Å². The second-order valence-electron chi connectivity index (χ2n) is 9.44. The standard InChI is InChI=1S/C25H28BN3O4/c1-24(2)25(3,4)33-26(32-24)21-13-10-17-8-9-18(14-20(17)21)22-28-29-23(31-22)27-15-16-6-11-19(30-5)12-7-16/h6-9,11-14H,10,15H2,1-5H3,(H,27,29). The lowest BCUT2D eigenvalue weighted by molar-refractivity contribution is 0.00578. The second kappa shape index (κ2) is 8.04. The average Bonchev–Trinajstić information content (AvgIpc) is 3.48. The molecule has 1 aromatic heterocycles. The summed E-state index contributed by atoms with van der Waals surface area (Å²) in [6, 6.07) is 14.4.